The van der Waals surface area contributed by atoms with Gasteiger partial charge in [-0.05, 0) is 38.5 Å². The van der Waals surface area contributed by atoms with Crippen LogP contribution in [0.4, 0.5) is 0 Å². The highest BCUT2D eigenvalue weighted by molar-refractivity contribution is 5.63. The van der Waals surface area contributed by atoms with Crippen LogP contribution < -0.4 is 5.11 Å². The Morgan fingerprint density at radius 2 is 1.82 bits per heavy atom. The van der Waals surface area contributed by atoms with Gasteiger partial charge in [-0.2, -0.15) is 0 Å². The van der Waals surface area contributed by atoms with Crippen LogP contribution in [-0.4, -0.2) is 17.3 Å². The first-order valence-corrected chi connectivity index (χ1v) is 8.19. The van der Waals surface area contributed by atoms with Gasteiger partial charge in [0.2, 0.25) is 0 Å². The average Bonchev–Trinajstić information content (AvgIpc) is 2.50. The van der Waals surface area contributed by atoms with Crippen molar-refractivity contribution in [1.29, 1.82) is 0 Å². The number of carboxylic acids is 1. The molecule has 126 valence electrons. The lowest BCUT2D eigenvalue weighted by molar-refractivity contribution is -0.305. The van der Waals surface area contributed by atoms with Crippen LogP contribution in [0.15, 0.2) is 36.5 Å². The van der Waals surface area contributed by atoms with Gasteiger partial charge in [0.15, 0.2) is 0 Å². The summed E-state index contributed by atoms with van der Waals surface area (Å²) in [4.78, 5) is 14.6. The summed E-state index contributed by atoms with van der Waals surface area (Å²) < 4.78 is 0. The van der Waals surface area contributed by atoms with Gasteiger partial charge in [-0.1, -0.05) is 62.6 Å². The highest BCUT2D eigenvalue weighted by Gasteiger charge is 1.99. The smallest absolute Gasteiger partial charge is 0.115 e. The fraction of sp³-hybridized carbons (Fsp3) is 0.611. The van der Waals surface area contributed by atoms with Crippen molar-refractivity contribution in [2.45, 2.75) is 70.8 Å². The lowest BCUT2D eigenvalue weighted by Crippen LogP contribution is -2.21. The first-order chi connectivity index (χ1) is 10.7. The van der Waals surface area contributed by atoms with Gasteiger partial charge in [-0.25, -0.2) is 4.89 Å². The lowest BCUT2D eigenvalue weighted by Gasteiger charge is -2.03. The summed E-state index contributed by atoms with van der Waals surface area (Å²) in [6.45, 7) is 2.06. The summed E-state index contributed by atoms with van der Waals surface area (Å²) in [6, 6.07) is 0. The van der Waals surface area contributed by atoms with Gasteiger partial charge in [-0.15, -0.1) is 0 Å². The van der Waals surface area contributed by atoms with Gasteiger partial charge in [-0.3, -0.25) is 5.26 Å². The Morgan fingerprint density at radius 1 is 1.09 bits per heavy atom. The minimum Gasteiger partial charge on any atom is -0.550 e. The number of rotatable bonds is 14. The lowest BCUT2D eigenvalue weighted by atomic mass is 10.1. The molecule has 22 heavy (non-hydrogen) atoms. The van der Waals surface area contributed by atoms with Crippen molar-refractivity contribution in [2.24, 2.45) is 0 Å². The number of carbonyl (C=O) groups excluding carboxylic acids is 1. The monoisotopic (exact) mass is 309 g/mol. The molecular weight excluding hydrogens is 280 g/mol. The Hall–Kier alpha value is -1.39. The van der Waals surface area contributed by atoms with Gasteiger partial charge in [0.25, 0.3) is 0 Å². The molecule has 0 aromatic carbocycles. The molecule has 0 aliphatic carbocycles. The fourth-order valence-electron chi connectivity index (χ4n) is 1.98. The van der Waals surface area contributed by atoms with Crippen molar-refractivity contribution in [3.8, 4) is 0 Å². The summed E-state index contributed by atoms with van der Waals surface area (Å²) in [5.74, 6) is -0.954. The van der Waals surface area contributed by atoms with Crippen molar-refractivity contribution in [1.82, 2.24) is 0 Å². The first-order valence-electron chi connectivity index (χ1n) is 8.19. The Labute approximate surface area is 134 Å². The van der Waals surface area contributed by atoms with E-state index in [1.807, 2.05) is 30.4 Å². The SMILES string of the molecule is CC/C=C/C[C@@H](/C=C/C=C/CCCCCCCC(=O)[O-])OO. The van der Waals surface area contributed by atoms with E-state index >= 15 is 0 Å². The third-order valence-corrected chi connectivity index (χ3v) is 3.23. The molecule has 0 spiro atoms. The number of unbranched alkanes of at least 4 members (excludes halogenated alkanes) is 5. The minimum atomic E-state index is -0.954. The summed E-state index contributed by atoms with van der Waals surface area (Å²) >= 11 is 0. The van der Waals surface area contributed by atoms with E-state index in [0.717, 1.165) is 44.9 Å². The topological polar surface area (TPSA) is 69.6 Å². The largest absolute Gasteiger partial charge is 0.550 e. The predicted octanol–water partition coefficient (Wildman–Crippen LogP) is 3.79. The van der Waals surface area contributed by atoms with Gasteiger partial charge in [0.05, 0.1) is 0 Å². The zero-order chi connectivity index (χ0) is 16.5. The number of hydrogen-bond acceptors (Lipinski definition) is 4. The zero-order valence-corrected chi connectivity index (χ0v) is 13.6. The molecule has 0 aromatic heterocycles. The summed E-state index contributed by atoms with van der Waals surface area (Å²) in [5, 5.41) is 19.0. The van der Waals surface area contributed by atoms with E-state index in [1.54, 1.807) is 0 Å². The molecule has 0 rings (SSSR count). The van der Waals surface area contributed by atoms with E-state index in [9.17, 15) is 9.90 Å². The average molecular weight is 309 g/mol. The Bertz CT molecular complexity index is 345. The zero-order valence-electron chi connectivity index (χ0n) is 13.6. The Kier molecular flexibility index (Phi) is 15.0. The number of hydrogen-bond donors (Lipinski definition) is 1. The molecule has 0 unspecified atom stereocenters. The quantitative estimate of drug-likeness (QED) is 0.174. The number of carboxylic acid groups (broad SMARTS) is 1. The van der Waals surface area contributed by atoms with Crippen LogP contribution in [0.3, 0.4) is 0 Å². The summed E-state index contributed by atoms with van der Waals surface area (Å²) in [6.07, 6.45) is 19.3. The van der Waals surface area contributed by atoms with Gasteiger partial charge >= 0.3 is 0 Å². The van der Waals surface area contributed by atoms with Crippen LogP contribution in [0.2, 0.25) is 0 Å². The van der Waals surface area contributed by atoms with Gasteiger partial charge in [0, 0.05) is 5.97 Å². The third-order valence-electron chi connectivity index (χ3n) is 3.23. The van der Waals surface area contributed by atoms with E-state index in [4.69, 9.17) is 5.26 Å². The van der Waals surface area contributed by atoms with Gasteiger partial charge < -0.3 is 9.90 Å². The van der Waals surface area contributed by atoms with E-state index in [-0.39, 0.29) is 12.5 Å². The molecule has 1 atom stereocenters. The van der Waals surface area contributed by atoms with Crippen LogP contribution in [0, 0.1) is 0 Å². The highest BCUT2D eigenvalue weighted by Crippen LogP contribution is 2.07. The highest BCUT2D eigenvalue weighted by atomic mass is 17.1. The second-order valence-corrected chi connectivity index (χ2v) is 5.25. The van der Waals surface area contributed by atoms with Crippen LogP contribution in [0.5, 0.6) is 0 Å². The molecule has 4 heteroatoms. The predicted molar refractivity (Wildman–Crippen MR) is 87.2 cm³/mol. The summed E-state index contributed by atoms with van der Waals surface area (Å²) in [7, 11) is 0. The molecule has 0 aliphatic heterocycles. The molecule has 4 nitrogen and oxygen atoms in total. The van der Waals surface area contributed by atoms with Crippen LogP contribution in [0.1, 0.15) is 64.7 Å². The fourth-order valence-corrected chi connectivity index (χ4v) is 1.98. The number of aliphatic carboxylic acids is 1. The third kappa shape index (κ3) is 15.0. The maximum absolute atomic E-state index is 10.2. The first kappa shape index (κ1) is 20.6. The molecule has 0 saturated carbocycles. The van der Waals surface area contributed by atoms with Crippen LogP contribution in [0.25, 0.3) is 0 Å². The molecule has 0 saturated heterocycles. The van der Waals surface area contributed by atoms with Crippen molar-refractivity contribution < 1.29 is 20.0 Å². The Morgan fingerprint density at radius 3 is 2.50 bits per heavy atom. The van der Waals surface area contributed by atoms with Crippen LogP contribution in [-0.2, 0) is 9.68 Å². The molecule has 0 amide bonds. The number of allylic oxidation sites excluding steroid dienone is 4. The van der Waals surface area contributed by atoms with Crippen molar-refractivity contribution in [3.05, 3.63) is 36.5 Å². The van der Waals surface area contributed by atoms with Crippen molar-refractivity contribution >= 4 is 5.97 Å². The minimum absolute atomic E-state index is 0.173. The van der Waals surface area contributed by atoms with E-state index in [0.29, 0.717) is 6.42 Å². The molecule has 0 aromatic rings. The molecule has 0 radical (unpaired) electrons. The van der Waals surface area contributed by atoms with Crippen LogP contribution >= 0.6 is 0 Å². The normalized spacial score (nSPS) is 13.5. The van der Waals surface area contributed by atoms with Crippen molar-refractivity contribution in [3.63, 3.8) is 0 Å². The van der Waals surface area contributed by atoms with E-state index in [1.165, 1.54) is 0 Å². The second kappa shape index (κ2) is 16.0. The summed E-state index contributed by atoms with van der Waals surface area (Å²) in [5.41, 5.74) is 0. The molecule has 0 fully saturated rings. The van der Waals surface area contributed by atoms with E-state index < -0.39 is 5.97 Å². The Balaban J connectivity index is 3.57. The molecule has 0 bridgehead atoms. The standard InChI is InChI=1S/C18H30O4/c1-2-3-11-14-17(22-21)15-12-9-7-5-4-6-8-10-13-16-18(19)20/h3,7,9,11-12,15,17,21H,2,4-6,8,10,13-14,16H2,1H3,(H,19,20)/p-1/b9-7+,11-3+,15-12+/t17-/m0/s1. The number of carbonyl (C=O) groups is 1. The molecule has 0 heterocycles. The molecule has 0 aliphatic rings. The maximum Gasteiger partial charge on any atom is 0.115 e. The van der Waals surface area contributed by atoms with Crippen molar-refractivity contribution in [2.75, 3.05) is 0 Å². The maximum atomic E-state index is 10.2. The van der Waals surface area contributed by atoms with Gasteiger partial charge in [0.1, 0.15) is 6.10 Å². The second-order valence-electron chi connectivity index (χ2n) is 5.25. The molecule has 1 N–H and O–H groups in total. The van der Waals surface area contributed by atoms with E-state index in [2.05, 4.69) is 17.9 Å². The molecular formula is C18H29O4-.